The molecule has 0 aromatic carbocycles. The number of rotatable bonds is 4. The topological polar surface area (TPSA) is 148 Å². The third-order valence-electron chi connectivity index (χ3n) is 2.86. The molecule has 112 valence electrons. The molecule has 1 aliphatic heterocycles. The van der Waals surface area contributed by atoms with Gasteiger partial charge in [0.1, 0.15) is 30.5 Å². The number of carboxylic acids is 1. The predicted octanol–water partition coefficient (Wildman–Crippen LogP) is -3.09. The van der Waals surface area contributed by atoms with Crippen molar-refractivity contribution in [1.29, 1.82) is 0 Å². The first-order valence-electron chi connectivity index (χ1n) is 5.24. The molecule has 0 amide bonds. The molecule has 8 nitrogen and oxygen atoms in total. The first-order chi connectivity index (χ1) is 8.66. The Bertz CT molecular complexity index is 338. The summed E-state index contributed by atoms with van der Waals surface area (Å²) in [6.07, 6.45) is -13.9. The molecule has 2 unspecified atom stereocenters. The van der Waals surface area contributed by atoms with E-state index in [1.54, 1.807) is 0 Å². The summed E-state index contributed by atoms with van der Waals surface area (Å²) in [6.45, 7) is -1.00. The molecule has 0 bridgehead atoms. The van der Waals surface area contributed by atoms with E-state index in [1.807, 2.05) is 0 Å². The van der Waals surface area contributed by atoms with Crippen LogP contribution in [0.25, 0.3) is 0 Å². The zero-order chi connectivity index (χ0) is 15.0. The van der Waals surface area contributed by atoms with Gasteiger partial charge in [0.25, 0.3) is 0 Å². The summed E-state index contributed by atoms with van der Waals surface area (Å²) in [5.41, 5.74) is 0. The Balaban J connectivity index is 3.04. The number of carbonyl (C=O) groups is 1. The van der Waals surface area contributed by atoms with E-state index >= 15 is 0 Å². The van der Waals surface area contributed by atoms with Gasteiger partial charge in [-0.2, -0.15) is 4.39 Å². The molecular formula is C9H14F2O8. The molecule has 10 heteroatoms. The summed E-state index contributed by atoms with van der Waals surface area (Å²) >= 11 is 0. The molecule has 0 radical (unpaired) electrons. The Labute approximate surface area is 105 Å². The maximum Gasteiger partial charge on any atom is 0.372 e. The van der Waals surface area contributed by atoms with E-state index in [1.165, 1.54) is 0 Å². The van der Waals surface area contributed by atoms with Gasteiger partial charge < -0.3 is 35.4 Å². The number of alkyl halides is 2. The van der Waals surface area contributed by atoms with Gasteiger partial charge in [-0.05, 0) is 0 Å². The summed E-state index contributed by atoms with van der Waals surface area (Å²) in [5, 5.41) is 54.3. The molecule has 0 aliphatic carbocycles. The van der Waals surface area contributed by atoms with Gasteiger partial charge in [-0.3, -0.25) is 0 Å². The lowest BCUT2D eigenvalue weighted by atomic mass is 9.90. The molecule has 1 fully saturated rings. The second-order valence-corrected chi connectivity index (χ2v) is 4.16. The SMILES string of the molecule is O=C(O)[C@]1(F)OC([C@H](O)[C@H](O)CO)[C@H](O)[C@H](O)C1F. The van der Waals surface area contributed by atoms with Gasteiger partial charge in [0.2, 0.25) is 0 Å². The lowest BCUT2D eigenvalue weighted by Gasteiger charge is -2.43. The summed E-state index contributed by atoms with van der Waals surface area (Å²) in [4.78, 5) is 10.6. The summed E-state index contributed by atoms with van der Waals surface area (Å²) in [6, 6.07) is 0. The molecule has 19 heavy (non-hydrogen) atoms. The number of ether oxygens (including phenoxy) is 1. The van der Waals surface area contributed by atoms with Crippen molar-refractivity contribution in [2.24, 2.45) is 0 Å². The fourth-order valence-corrected chi connectivity index (χ4v) is 1.69. The van der Waals surface area contributed by atoms with E-state index in [2.05, 4.69) is 4.74 Å². The number of halogens is 2. The van der Waals surface area contributed by atoms with E-state index in [0.717, 1.165) is 0 Å². The van der Waals surface area contributed by atoms with Crippen molar-refractivity contribution >= 4 is 5.97 Å². The zero-order valence-corrected chi connectivity index (χ0v) is 9.43. The summed E-state index contributed by atoms with van der Waals surface area (Å²) < 4.78 is 31.3. The molecular weight excluding hydrogens is 274 g/mol. The zero-order valence-electron chi connectivity index (χ0n) is 9.43. The number of hydrogen-bond donors (Lipinski definition) is 6. The van der Waals surface area contributed by atoms with Crippen LogP contribution in [-0.2, 0) is 9.53 Å². The quantitative estimate of drug-likeness (QED) is 0.319. The monoisotopic (exact) mass is 288 g/mol. The first kappa shape index (κ1) is 16.1. The highest BCUT2D eigenvalue weighted by Crippen LogP contribution is 2.35. The molecule has 0 aromatic heterocycles. The Morgan fingerprint density at radius 3 is 2.26 bits per heavy atom. The van der Waals surface area contributed by atoms with Crippen LogP contribution in [0.2, 0.25) is 0 Å². The smallest absolute Gasteiger partial charge is 0.372 e. The van der Waals surface area contributed by atoms with Gasteiger partial charge in [0, 0.05) is 0 Å². The van der Waals surface area contributed by atoms with Crippen molar-refractivity contribution in [1.82, 2.24) is 0 Å². The third kappa shape index (κ3) is 2.68. The van der Waals surface area contributed by atoms with Gasteiger partial charge >= 0.3 is 11.8 Å². The van der Waals surface area contributed by atoms with E-state index in [4.69, 9.17) is 15.3 Å². The Kier molecular flexibility index (Phi) is 4.76. The average Bonchev–Trinajstić information content (AvgIpc) is 2.38. The summed E-state index contributed by atoms with van der Waals surface area (Å²) in [7, 11) is 0. The van der Waals surface area contributed by atoms with Crippen molar-refractivity contribution in [2.75, 3.05) is 6.61 Å². The van der Waals surface area contributed by atoms with Crippen molar-refractivity contribution in [3.63, 3.8) is 0 Å². The minimum Gasteiger partial charge on any atom is -0.477 e. The van der Waals surface area contributed by atoms with Crippen LogP contribution in [-0.4, -0.2) is 85.8 Å². The molecule has 6 N–H and O–H groups in total. The van der Waals surface area contributed by atoms with Gasteiger partial charge in [0.15, 0.2) is 6.17 Å². The number of aliphatic carboxylic acids is 1. The number of carboxylic acid groups (broad SMARTS) is 1. The average molecular weight is 288 g/mol. The highest BCUT2D eigenvalue weighted by Gasteiger charge is 2.62. The molecule has 0 saturated carbocycles. The van der Waals surface area contributed by atoms with E-state index in [-0.39, 0.29) is 0 Å². The van der Waals surface area contributed by atoms with Crippen LogP contribution >= 0.6 is 0 Å². The molecule has 1 aliphatic rings. The second kappa shape index (κ2) is 5.61. The number of hydrogen-bond acceptors (Lipinski definition) is 7. The minimum absolute atomic E-state index is 1.00. The van der Waals surface area contributed by atoms with Gasteiger partial charge in [-0.1, -0.05) is 0 Å². The number of aliphatic hydroxyl groups excluding tert-OH is 5. The third-order valence-corrected chi connectivity index (χ3v) is 2.86. The van der Waals surface area contributed by atoms with E-state index in [0.29, 0.717) is 0 Å². The fourth-order valence-electron chi connectivity index (χ4n) is 1.69. The van der Waals surface area contributed by atoms with E-state index in [9.17, 15) is 28.9 Å². The van der Waals surface area contributed by atoms with E-state index < -0.39 is 55.1 Å². The van der Waals surface area contributed by atoms with Crippen molar-refractivity contribution < 1.29 is 49.0 Å². The van der Waals surface area contributed by atoms with Crippen LogP contribution in [0.5, 0.6) is 0 Å². The molecule has 0 spiro atoms. The maximum atomic E-state index is 13.8. The maximum absolute atomic E-state index is 13.8. The van der Waals surface area contributed by atoms with Gasteiger partial charge in [0.05, 0.1) is 6.61 Å². The van der Waals surface area contributed by atoms with Crippen molar-refractivity contribution in [3.8, 4) is 0 Å². The lowest BCUT2D eigenvalue weighted by Crippen LogP contribution is -2.67. The van der Waals surface area contributed by atoms with Crippen LogP contribution in [0.4, 0.5) is 8.78 Å². The second-order valence-electron chi connectivity index (χ2n) is 4.16. The normalized spacial score (nSPS) is 42.7. The van der Waals surface area contributed by atoms with Crippen LogP contribution in [0.15, 0.2) is 0 Å². The van der Waals surface area contributed by atoms with Crippen molar-refractivity contribution in [2.45, 2.75) is 42.5 Å². The minimum atomic E-state index is -3.99. The van der Waals surface area contributed by atoms with Crippen LogP contribution in [0.1, 0.15) is 0 Å². The largest absolute Gasteiger partial charge is 0.477 e. The fraction of sp³-hybridized carbons (Fsp3) is 0.889. The summed E-state index contributed by atoms with van der Waals surface area (Å²) in [5.74, 6) is -6.39. The van der Waals surface area contributed by atoms with Crippen LogP contribution in [0.3, 0.4) is 0 Å². The standard InChI is InChI=1S/C9H14F2O8/c10-7-5(16)4(15)6(3(14)2(13)1-12)19-9(7,11)8(17)18/h2-7,12-16H,1H2,(H,17,18)/t2-,3-,4-,5+,6?,7?,9-/m1/s1. The van der Waals surface area contributed by atoms with Crippen LogP contribution in [0, 0.1) is 0 Å². The Morgan fingerprint density at radius 1 is 1.32 bits per heavy atom. The molecule has 1 saturated heterocycles. The Morgan fingerprint density at radius 2 is 1.84 bits per heavy atom. The molecule has 1 heterocycles. The van der Waals surface area contributed by atoms with Crippen molar-refractivity contribution in [3.05, 3.63) is 0 Å². The predicted molar refractivity (Wildman–Crippen MR) is 52.4 cm³/mol. The molecule has 7 atom stereocenters. The number of aliphatic hydroxyl groups is 5. The first-order valence-corrected chi connectivity index (χ1v) is 5.24. The highest BCUT2D eigenvalue weighted by atomic mass is 19.2. The van der Waals surface area contributed by atoms with Gasteiger partial charge in [-0.25, -0.2) is 9.18 Å². The van der Waals surface area contributed by atoms with Crippen LogP contribution < -0.4 is 0 Å². The molecule has 0 aromatic rings. The van der Waals surface area contributed by atoms with Gasteiger partial charge in [-0.15, -0.1) is 0 Å². The highest BCUT2D eigenvalue weighted by molar-refractivity contribution is 5.76. The molecule has 1 rings (SSSR count). The lowest BCUT2D eigenvalue weighted by molar-refractivity contribution is -0.313. The Hall–Kier alpha value is -0.910.